The smallest absolute Gasteiger partial charge is 0.323 e. The molecule has 0 spiro atoms. The zero-order chi connectivity index (χ0) is 25.1. The van der Waals surface area contributed by atoms with Crippen LogP contribution in [0.3, 0.4) is 0 Å². The fourth-order valence-electron chi connectivity index (χ4n) is 3.65. The molecule has 5 rings (SSSR count). The first-order valence-electron chi connectivity index (χ1n) is 11.1. The third-order valence-corrected chi connectivity index (χ3v) is 5.28. The molecule has 0 saturated carbocycles. The van der Waals surface area contributed by atoms with E-state index in [1.807, 2.05) is 42.8 Å². The number of H-pyrrole nitrogens is 1. The average molecular weight is 484 g/mol. The molecule has 0 unspecified atom stereocenters. The van der Waals surface area contributed by atoms with Gasteiger partial charge in [-0.1, -0.05) is 0 Å². The maximum atomic E-state index is 14.5. The third-order valence-electron chi connectivity index (χ3n) is 5.28. The van der Waals surface area contributed by atoms with E-state index in [4.69, 9.17) is 4.74 Å². The van der Waals surface area contributed by atoms with Crippen molar-refractivity contribution < 1.29 is 13.9 Å². The van der Waals surface area contributed by atoms with E-state index in [-0.39, 0.29) is 5.69 Å². The van der Waals surface area contributed by atoms with Gasteiger partial charge >= 0.3 is 6.03 Å². The number of aromatic nitrogens is 5. The van der Waals surface area contributed by atoms with Gasteiger partial charge in [0.25, 0.3) is 0 Å². The fraction of sp³-hybridized carbons (Fsp3) is 0.0769. The number of hydrogen-bond acceptors (Lipinski definition) is 5. The van der Waals surface area contributed by atoms with Crippen LogP contribution in [-0.2, 0) is 0 Å². The summed E-state index contributed by atoms with van der Waals surface area (Å²) >= 11 is 0. The zero-order valence-electron chi connectivity index (χ0n) is 19.5. The maximum absolute atomic E-state index is 14.5. The van der Waals surface area contributed by atoms with Gasteiger partial charge in [0, 0.05) is 47.7 Å². The average Bonchev–Trinajstić information content (AvgIpc) is 3.53. The summed E-state index contributed by atoms with van der Waals surface area (Å²) in [4.78, 5) is 21.2. The molecular weight excluding hydrogens is 461 g/mol. The van der Waals surface area contributed by atoms with E-state index in [0.717, 1.165) is 22.5 Å². The molecule has 10 heteroatoms. The summed E-state index contributed by atoms with van der Waals surface area (Å²) in [6, 6.07) is 12.6. The van der Waals surface area contributed by atoms with Crippen molar-refractivity contribution in [1.29, 1.82) is 0 Å². The normalized spacial score (nSPS) is 10.8. The van der Waals surface area contributed by atoms with Gasteiger partial charge in [-0.05, 0) is 55.8 Å². The molecule has 0 fully saturated rings. The molecule has 0 bridgehead atoms. The molecule has 0 atom stereocenters. The molecule has 0 radical (unpaired) electrons. The number of carbonyl (C=O) groups excluding carboxylic acids is 1. The highest BCUT2D eigenvalue weighted by Crippen LogP contribution is 2.28. The number of ether oxygens (including phenoxy) is 1. The predicted molar refractivity (Wildman–Crippen MR) is 134 cm³/mol. The van der Waals surface area contributed by atoms with Crippen LogP contribution < -0.4 is 15.4 Å². The Labute approximate surface area is 206 Å². The molecule has 0 saturated heterocycles. The Morgan fingerprint density at radius 2 is 1.89 bits per heavy atom. The Bertz CT molecular complexity index is 1530. The number of urea groups is 1. The van der Waals surface area contributed by atoms with Crippen LogP contribution in [0.5, 0.6) is 11.5 Å². The minimum Gasteiger partial charge on any atom is -0.457 e. The van der Waals surface area contributed by atoms with Crippen LogP contribution in [0.2, 0.25) is 0 Å². The summed E-state index contributed by atoms with van der Waals surface area (Å²) in [6.45, 7) is 3.83. The van der Waals surface area contributed by atoms with Crippen LogP contribution in [-0.4, -0.2) is 30.8 Å². The SMILES string of the molecule is Cc1cc(NC(=O)Nc2cc(Oc3ccnc(-c4cn[nH]c4)c3)ccc2F)cc(-n2cnc(C)c2)c1. The summed E-state index contributed by atoms with van der Waals surface area (Å²) in [6.07, 6.45) is 8.57. The number of aromatic amines is 1. The lowest BCUT2D eigenvalue weighted by atomic mass is 10.2. The van der Waals surface area contributed by atoms with Crippen molar-refractivity contribution >= 4 is 17.4 Å². The number of aryl methyl sites for hydroxylation is 2. The molecule has 9 nitrogen and oxygen atoms in total. The number of imidazole rings is 1. The van der Waals surface area contributed by atoms with Gasteiger partial charge in [0.1, 0.15) is 17.3 Å². The minimum atomic E-state index is -0.592. The molecule has 5 aromatic rings. The van der Waals surface area contributed by atoms with E-state index in [9.17, 15) is 9.18 Å². The number of carbonyl (C=O) groups is 1. The number of halogens is 1. The Balaban J connectivity index is 1.30. The van der Waals surface area contributed by atoms with E-state index in [0.29, 0.717) is 22.9 Å². The van der Waals surface area contributed by atoms with Crippen molar-refractivity contribution in [3.63, 3.8) is 0 Å². The molecular formula is C26H22FN7O2. The van der Waals surface area contributed by atoms with Crippen molar-refractivity contribution in [3.05, 3.63) is 96.7 Å². The molecule has 2 amide bonds. The zero-order valence-corrected chi connectivity index (χ0v) is 19.5. The van der Waals surface area contributed by atoms with Crippen molar-refractivity contribution in [2.24, 2.45) is 0 Å². The summed E-state index contributed by atoms with van der Waals surface area (Å²) in [5.41, 5.74) is 4.69. The van der Waals surface area contributed by atoms with Crippen LogP contribution in [0.25, 0.3) is 16.9 Å². The minimum absolute atomic E-state index is 0.0211. The second kappa shape index (κ2) is 9.71. The largest absolute Gasteiger partial charge is 0.457 e. The summed E-state index contributed by atoms with van der Waals surface area (Å²) < 4.78 is 22.2. The quantitative estimate of drug-likeness (QED) is 0.281. The lowest BCUT2D eigenvalue weighted by molar-refractivity contribution is 0.262. The lowest BCUT2D eigenvalue weighted by Gasteiger charge is -2.13. The number of amides is 2. The Kier molecular flexibility index (Phi) is 6.14. The molecule has 0 aliphatic heterocycles. The van der Waals surface area contributed by atoms with Crippen molar-refractivity contribution in [3.8, 4) is 28.4 Å². The Morgan fingerprint density at radius 1 is 1.03 bits per heavy atom. The van der Waals surface area contributed by atoms with E-state index in [2.05, 4.69) is 30.8 Å². The van der Waals surface area contributed by atoms with Gasteiger partial charge in [0.05, 0.1) is 29.6 Å². The third kappa shape index (κ3) is 5.22. The monoisotopic (exact) mass is 483 g/mol. The molecule has 2 aromatic carbocycles. The number of anilines is 2. The van der Waals surface area contributed by atoms with Crippen LogP contribution >= 0.6 is 0 Å². The molecule has 3 N–H and O–H groups in total. The fourth-order valence-corrected chi connectivity index (χ4v) is 3.65. The van der Waals surface area contributed by atoms with Crippen molar-refractivity contribution in [2.45, 2.75) is 13.8 Å². The van der Waals surface area contributed by atoms with E-state index >= 15 is 0 Å². The van der Waals surface area contributed by atoms with E-state index in [1.54, 1.807) is 37.1 Å². The highest BCUT2D eigenvalue weighted by molar-refractivity contribution is 6.00. The molecule has 0 aliphatic rings. The van der Waals surface area contributed by atoms with Crippen LogP contribution in [0.15, 0.2) is 79.6 Å². The van der Waals surface area contributed by atoms with Crippen LogP contribution in [0.4, 0.5) is 20.6 Å². The Hall–Kier alpha value is -4.99. The predicted octanol–water partition coefficient (Wildman–Crippen LogP) is 5.85. The number of nitrogens with one attached hydrogen (secondary N) is 3. The number of benzene rings is 2. The van der Waals surface area contributed by atoms with Gasteiger partial charge in [-0.2, -0.15) is 5.10 Å². The summed E-state index contributed by atoms with van der Waals surface area (Å²) in [5.74, 6) is 0.264. The first kappa shape index (κ1) is 22.8. The van der Waals surface area contributed by atoms with Gasteiger partial charge in [-0.3, -0.25) is 10.1 Å². The van der Waals surface area contributed by atoms with Crippen molar-refractivity contribution in [1.82, 2.24) is 24.7 Å². The van der Waals surface area contributed by atoms with Gasteiger partial charge in [-0.15, -0.1) is 0 Å². The van der Waals surface area contributed by atoms with Gasteiger partial charge in [-0.25, -0.2) is 14.2 Å². The molecule has 180 valence electrons. The molecule has 0 aliphatic carbocycles. The molecule has 36 heavy (non-hydrogen) atoms. The number of nitrogens with zero attached hydrogens (tertiary/aromatic N) is 4. The second-order valence-corrected chi connectivity index (χ2v) is 8.17. The number of pyridine rings is 1. The van der Waals surface area contributed by atoms with Gasteiger partial charge < -0.3 is 19.9 Å². The maximum Gasteiger partial charge on any atom is 0.323 e. The lowest BCUT2D eigenvalue weighted by Crippen LogP contribution is -2.20. The van der Waals surface area contributed by atoms with Gasteiger partial charge in [0.2, 0.25) is 0 Å². The summed E-state index contributed by atoms with van der Waals surface area (Å²) in [5, 5.41) is 12.0. The number of rotatable bonds is 6. The first-order chi connectivity index (χ1) is 17.4. The van der Waals surface area contributed by atoms with E-state index in [1.165, 1.54) is 18.2 Å². The highest BCUT2D eigenvalue weighted by Gasteiger charge is 2.11. The highest BCUT2D eigenvalue weighted by atomic mass is 19.1. The van der Waals surface area contributed by atoms with Crippen molar-refractivity contribution in [2.75, 3.05) is 10.6 Å². The summed E-state index contributed by atoms with van der Waals surface area (Å²) in [7, 11) is 0. The van der Waals surface area contributed by atoms with Gasteiger partial charge in [0.15, 0.2) is 0 Å². The molecule has 3 aromatic heterocycles. The van der Waals surface area contributed by atoms with E-state index < -0.39 is 11.8 Å². The molecule has 3 heterocycles. The standard InChI is InChI=1S/C26H22FN7O2/c1-16-7-19(9-20(8-16)34-14-17(2)29-15-34)32-26(35)33-25-11-21(3-4-23(25)27)36-22-5-6-28-24(10-22)18-12-30-31-13-18/h3-15H,1-2H3,(H,30,31)(H2,32,33,35). The Morgan fingerprint density at radius 3 is 2.67 bits per heavy atom. The second-order valence-electron chi connectivity index (χ2n) is 8.17. The topological polar surface area (TPSA) is 110 Å². The number of hydrogen-bond donors (Lipinski definition) is 3. The first-order valence-corrected chi connectivity index (χ1v) is 11.1. The van der Waals surface area contributed by atoms with Crippen LogP contribution in [0.1, 0.15) is 11.3 Å². The van der Waals surface area contributed by atoms with Crippen LogP contribution in [0, 0.1) is 19.7 Å².